The van der Waals surface area contributed by atoms with Gasteiger partial charge in [0.2, 0.25) is 0 Å². The van der Waals surface area contributed by atoms with E-state index in [2.05, 4.69) is 6.07 Å². The van der Waals surface area contributed by atoms with Crippen LogP contribution in [-0.2, 0) is 6.54 Å². The van der Waals surface area contributed by atoms with Gasteiger partial charge in [-0.25, -0.2) is 0 Å². The summed E-state index contributed by atoms with van der Waals surface area (Å²) in [7, 11) is 0. The monoisotopic (exact) mass is 264 g/mol. The third-order valence-corrected chi connectivity index (χ3v) is 2.73. The van der Waals surface area contributed by atoms with Crippen molar-refractivity contribution in [3.05, 3.63) is 71.3 Å². The fraction of sp³-hybridized carbons (Fsp3) is 0.167. The summed E-state index contributed by atoms with van der Waals surface area (Å²) in [6, 6.07) is 19.8. The lowest BCUT2D eigenvalue weighted by atomic mass is 10.0. The number of nitrogens with two attached hydrogens (primary N) is 1. The highest BCUT2D eigenvalue weighted by molar-refractivity contribution is 5.89. The molecule has 0 aliphatic heterocycles. The number of allylic oxidation sites excluding steroid dienone is 1. The molecule has 2 nitrogen and oxygen atoms in total. The average Bonchev–Trinajstić information content (AvgIpc) is 2.55. The van der Waals surface area contributed by atoms with Crippen molar-refractivity contribution in [2.24, 2.45) is 5.73 Å². The Bertz CT molecular complexity index is 575. The van der Waals surface area contributed by atoms with Crippen LogP contribution in [0.15, 0.2) is 54.6 Å². The molecule has 102 valence electrons. The Morgan fingerprint density at radius 1 is 1.05 bits per heavy atom. The van der Waals surface area contributed by atoms with E-state index in [4.69, 9.17) is 5.73 Å². The van der Waals surface area contributed by atoms with Crippen LogP contribution in [0.4, 0.5) is 0 Å². The summed E-state index contributed by atoms with van der Waals surface area (Å²) in [5.74, 6) is 0. The molecule has 2 N–H and O–H groups in total. The van der Waals surface area contributed by atoms with Crippen LogP contribution >= 0.6 is 0 Å². The van der Waals surface area contributed by atoms with Crippen molar-refractivity contribution in [3.63, 3.8) is 0 Å². The first kappa shape index (κ1) is 15.7. The highest BCUT2D eigenvalue weighted by Crippen LogP contribution is 2.18. The lowest BCUT2D eigenvalue weighted by Crippen LogP contribution is -1.95. The number of rotatable bonds is 3. The van der Waals surface area contributed by atoms with Gasteiger partial charge in [-0.15, -0.1) is 0 Å². The van der Waals surface area contributed by atoms with Crippen molar-refractivity contribution in [2.75, 3.05) is 0 Å². The van der Waals surface area contributed by atoms with Crippen LogP contribution in [0.3, 0.4) is 0 Å². The zero-order valence-electron chi connectivity index (χ0n) is 12.0. The lowest BCUT2D eigenvalue weighted by molar-refractivity contribution is 1.07. The summed E-state index contributed by atoms with van der Waals surface area (Å²) in [6.07, 6.45) is 1.89. The van der Waals surface area contributed by atoms with Crippen molar-refractivity contribution < 1.29 is 0 Å². The maximum Gasteiger partial charge on any atom is 0.0998 e. The van der Waals surface area contributed by atoms with Gasteiger partial charge in [0.1, 0.15) is 0 Å². The van der Waals surface area contributed by atoms with Gasteiger partial charge in [0.15, 0.2) is 0 Å². The highest BCUT2D eigenvalue weighted by Gasteiger charge is 2.00. The molecule has 0 aliphatic carbocycles. The van der Waals surface area contributed by atoms with E-state index in [1.54, 1.807) is 0 Å². The van der Waals surface area contributed by atoms with E-state index >= 15 is 0 Å². The lowest BCUT2D eigenvalue weighted by Gasteiger charge is -2.01. The molecule has 0 saturated carbocycles. The van der Waals surface area contributed by atoms with E-state index < -0.39 is 0 Å². The second-order valence-corrected chi connectivity index (χ2v) is 3.98. The zero-order chi connectivity index (χ0) is 14.8. The Morgan fingerprint density at radius 3 is 2.15 bits per heavy atom. The highest BCUT2D eigenvalue weighted by atomic mass is 14.5. The number of hydrogen-bond donors (Lipinski definition) is 1. The van der Waals surface area contributed by atoms with Crippen LogP contribution in [0.2, 0.25) is 0 Å². The Balaban J connectivity index is 0.000000956. The Labute approximate surface area is 121 Å². The topological polar surface area (TPSA) is 49.8 Å². The normalized spacial score (nSPS) is 10.2. The standard InChI is InChI=1S/C16H14N2.C2H6/c17-11-14-6-8-15(9-7-14)16(12-18)10-13-4-2-1-3-5-13;1-2/h1-10H,11,17H2;1-2H3/b16-10+;. The second kappa shape index (κ2) is 8.68. The number of hydrogen-bond acceptors (Lipinski definition) is 2. The number of nitriles is 1. The molecule has 0 amide bonds. The molecule has 0 saturated heterocycles. The molecule has 0 fully saturated rings. The quantitative estimate of drug-likeness (QED) is 0.666. The van der Waals surface area contributed by atoms with E-state index in [-0.39, 0.29) is 0 Å². The molecule has 0 unspecified atom stereocenters. The fourth-order valence-electron chi connectivity index (χ4n) is 1.72. The van der Waals surface area contributed by atoms with Gasteiger partial charge in [0.25, 0.3) is 0 Å². The molecular formula is C18H20N2. The first-order chi connectivity index (χ1) is 9.83. The Kier molecular flexibility index (Phi) is 6.81. The summed E-state index contributed by atoms with van der Waals surface area (Å²) in [5.41, 5.74) is 9.22. The van der Waals surface area contributed by atoms with Crippen LogP contribution in [0.25, 0.3) is 11.6 Å². The van der Waals surface area contributed by atoms with Gasteiger partial charge in [0, 0.05) is 6.54 Å². The molecule has 0 radical (unpaired) electrons. The summed E-state index contributed by atoms with van der Waals surface area (Å²) in [4.78, 5) is 0. The minimum atomic E-state index is 0.518. The van der Waals surface area contributed by atoms with Gasteiger partial charge in [-0.1, -0.05) is 68.4 Å². The molecule has 2 aromatic rings. The first-order valence-electron chi connectivity index (χ1n) is 6.79. The van der Waals surface area contributed by atoms with Crippen LogP contribution < -0.4 is 5.73 Å². The molecule has 0 bridgehead atoms. The predicted octanol–water partition coefficient (Wildman–Crippen LogP) is 4.24. The van der Waals surface area contributed by atoms with E-state index in [0.29, 0.717) is 12.1 Å². The molecule has 2 aromatic carbocycles. The molecule has 0 spiro atoms. The summed E-state index contributed by atoms with van der Waals surface area (Å²) in [6.45, 7) is 4.52. The number of nitrogens with zero attached hydrogens (tertiary/aromatic N) is 1. The van der Waals surface area contributed by atoms with Crippen molar-refractivity contribution >= 4 is 11.6 Å². The fourth-order valence-corrected chi connectivity index (χ4v) is 1.72. The van der Waals surface area contributed by atoms with Gasteiger partial charge < -0.3 is 5.73 Å². The van der Waals surface area contributed by atoms with Crippen LogP contribution in [0.5, 0.6) is 0 Å². The van der Waals surface area contributed by atoms with Gasteiger partial charge in [-0.05, 0) is 22.8 Å². The van der Waals surface area contributed by atoms with Gasteiger partial charge in [-0.3, -0.25) is 0 Å². The first-order valence-corrected chi connectivity index (χ1v) is 6.79. The molecule has 0 aromatic heterocycles. The largest absolute Gasteiger partial charge is 0.326 e. The minimum absolute atomic E-state index is 0.518. The van der Waals surface area contributed by atoms with E-state index in [1.165, 1.54) is 0 Å². The van der Waals surface area contributed by atoms with E-state index in [1.807, 2.05) is 74.5 Å². The van der Waals surface area contributed by atoms with Crippen molar-refractivity contribution in [1.82, 2.24) is 0 Å². The third kappa shape index (κ3) is 4.38. The van der Waals surface area contributed by atoms with E-state index in [9.17, 15) is 5.26 Å². The average molecular weight is 264 g/mol. The SMILES string of the molecule is CC.N#C/C(=C\c1ccccc1)c1ccc(CN)cc1. The van der Waals surface area contributed by atoms with Gasteiger partial charge in [-0.2, -0.15) is 5.26 Å². The maximum absolute atomic E-state index is 9.22. The van der Waals surface area contributed by atoms with E-state index in [0.717, 1.165) is 16.7 Å². The molecule has 0 aliphatic rings. The summed E-state index contributed by atoms with van der Waals surface area (Å²) in [5, 5.41) is 9.22. The molecule has 20 heavy (non-hydrogen) atoms. The molecular weight excluding hydrogens is 244 g/mol. The maximum atomic E-state index is 9.22. The molecule has 2 rings (SSSR count). The zero-order valence-corrected chi connectivity index (χ0v) is 12.0. The van der Waals surface area contributed by atoms with Gasteiger partial charge in [0.05, 0.1) is 11.6 Å². The predicted molar refractivity (Wildman–Crippen MR) is 85.6 cm³/mol. The number of benzene rings is 2. The van der Waals surface area contributed by atoms with Crippen LogP contribution in [0.1, 0.15) is 30.5 Å². The Hall–Kier alpha value is -2.37. The molecule has 2 heteroatoms. The van der Waals surface area contributed by atoms with Crippen molar-refractivity contribution in [2.45, 2.75) is 20.4 Å². The summed E-state index contributed by atoms with van der Waals surface area (Å²) >= 11 is 0. The van der Waals surface area contributed by atoms with Crippen LogP contribution in [-0.4, -0.2) is 0 Å². The van der Waals surface area contributed by atoms with Crippen molar-refractivity contribution in [1.29, 1.82) is 5.26 Å². The third-order valence-electron chi connectivity index (χ3n) is 2.73. The van der Waals surface area contributed by atoms with Gasteiger partial charge >= 0.3 is 0 Å². The molecule has 0 heterocycles. The Morgan fingerprint density at radius 2 is 1.65 bits per heavy atom. The second-order valence-electron chi connectivity index (χ2n) is 3.98. The van der Waals surface area contributed by atoms with Crippen LogP contribution in [0, 0.1) is 11.3 Å². The smallest absolute Gasteiger partial charge is 0.0998 e. The minimum Gasteiger partial charge on any atom is -0.326 e. The summed E-state index contributed by atoms with van der Waals surface area (Å²) < 4.78 is 0. The van der Waals surface area contributed by atoms with Crippen molar-refractivity contribution in [3.8, 4) is 6.07 Å². The molecule has 0 atom stereocenters.